The van der Waals surface area contributed by atoms with Crippen LogP contribution in [0.3, 0.4) is 0 Å². The second kappa shape index (κ2) is 6.35. The van der Waals surface area contributed by atoms with Crippen LogP contribution in [0.2, 0.25) is 0 Å². The monoisotopic (exact) mass is 278 g/mol. The van der Waals surface area contributed by atoms with Crippen LogP contribution in [-0.2, 0) is 4.79 Å². The zero-order chi connectivity index (χ0) is 14.5. The lowest BCUT2D eigenvalue weighted by molar-refractivity contribution is -0.135. The van der Waals surface area contributed by atoms with E-state index in [-0.39, 0.29) is 26.2 Å². The predicted octanol–water partition coefficient (Wildman–Crippen LogP) is 0.868. The Labute approximate surface area is 116 Å². The summed E-state index contributed by atoms with van der Waals surface area (Å²) in [5.41, 5.74) is 0.337. The number of benzene rings is 1. The van der Waals surface area contributed by atoms with Crippen molar-refractivity contribution >= 4 is 5.91 Å². The lowest BCUT2D eigenvalue weighted by Crippen LogP contribution is -2.40. The molecule has 0 aliphatic carbocycles. The quantitative estimate of drug-likeness (QED) is 0.887. The highest BCUT2D eigenvalue weighted by atomic mass is 19.1. The van der Waals surface area contributed by atoms with Gasteiger partial charge in [-0.1, -0.05) is 12.1 Å². The minimum absolute atomic E-state index is 0.0205. The molecule has 106 valence electrons. The van der Waals surface area contributed by atoms with Crippen molar-refractivity contribution in [2.75, 3.05) is 19.8 Å². The number of para-hydroxylation sites is 1. The van der Waals surface area contributed by atoms with Gasteiger partial charge in [-0.05, 0) is 12.1 Å². The number of alkyl halides is 1. The lowest BCUT2D eigenvalue weighted by Gasteiger charge is -2.22. The van der Waals surface area contributed by atoms with E-state index in [4.69, 9.17) is 15.1 Å². The summed E-state index contributed by atoms with van der Waals surface area (Å²) in [5, 5.41) is 18.0. The minimum Gasteiger partial charge on any atom is -0.482 e. The smallest absolute Gasteiger partial charge is 0.260 e. The number of likely N-dealkylation sites (tertiary alicyclic amines) is 1. The molecule has 1 saturated heterocycles. The van der Waals surface area contributed by atoms with E-state index in [0.29, 0.717) is 11.3 Å². The van der Waals surface area contributed by atoms with Crippen molar-refractivity contribution in [3.8, 4) is 11.8 Å². The van der Waals surface area contributed by atoms with Crippen LogP contribution in [0.4, 0.5) is 4.39 Å². The summed E-state index contributed by atoms with van der Waals surface area (Å²) in [4.78, 5) is 13.3. The summed E-state index contributed by atoms with van der Waals surface area (Å²) < 4.78 is 18.6. The van der Waals surface area contributed by atoms with E-state index in [9.17, 15) is 9.18 Å². The van der Waals surface area contributed by atoms with Gasteiger partial charge in [0.05, 0.1) is 24.8 Å². The number of rotatable bonds is 4. The van der Waals surface area contributed by atoms with Crippen molar-refractivity contribution in [2.45, 2.75) is 18.6 Å². The molecule has 1 aliphatic rings. The molecule has 2 atom stereocenters. The third-order valence-electron chi connectivity index (χ3n) is 3.25. The minimum atomic E-state index is -1.11. The number of aliphatic hydroxyl groups is 1. The fourth-order valence-electron chi connectivity index (χ4n) is 2.25. The number of carbonyl (C=O) groups is 1. The number of amides is 1. The van der Waals surface area contributed by atoms with Gasteiger partial charge in [0.15, 0.2) is 6.61 Å². The molecule has 2 rings (SSSR count). The maximum atomic E-state index is 13.3. The van der Waals surface area contributed by atoms with Gasteiger partial charge in [-0.25, -0.2) is 4.39 Å². The molecule has 1 N–H and O–H groups in total. The first-order valence-electron chi connectivity index (χ1n) is 6.32. The van der Waals surface area contributed by atoms with Crippen molar-refractivity contribution in [1.29, 1.82) is 5.26 Å². The number of aliphatic hydroxyl groups excluding tert-OH is 1. The average Bonchev–Trinajstić information content (AvgIpc) is 2.86. The number of hydrogen-bond donors (Lipinski definition) is 1. The molecule has 0 saturated carbocycles. The fraction of sp³-hybridized carbons (Fsp3) is 0.429. The molecule has 0 unspecified atom stereocenters. The van der Waals surface area contributed by atoms with Crippen molar-refractivity contribution in [2.24, 2.45) is 0 Å². The molecule has 0 aromatic heterocycles. The number of carbonyl (C=O) groups excluding carboxylic acids is 1. The summed E-state index contributed by atoms with van der Waals surface area (Å²) >= 11 is 0. The maximum absolute atomic E-state index is 13.3. The number of hydrogen-bond acceptors (Lipinski definition) is 4. The molecule has 1 aromatic carbocycles. The summed E-state index contributed by atoms with van der Waals surface area (Å²) in [6, 6.07) is 8.05. The molecule has 6 heteroatoms. The van der Waals surface area contributed by atoms with Crippen LogP contribution in [-0.4, -0.2) is 47.9 Å². The van der Waals surface area contributed by atoms with E-state index in [2.05, 4.69) is 0 Å². The van der Waals surface area contributed by atoms with Crippen molar-refractivity contribution in [1.82, 2.24) is 4.90 Å². The van der Waals surface area contributed by atoms with Crippen molar-refractivity contribution in [3.05, 3.63) is 29.8 Å². The Morgan fingerprint density at radius 2 is 2.30 bits per heavy atom. The maximum Gasteiger partial charge on any atom is 0.260 e. The van der Waals surface area contributed by atoms with Gasteiger partial charge in [0, 0.05) is 6.42 Å². The van der Waals surface area contributed by atoms with Crippen LogP contribution in [0.5, 0.6) is 5.75 Å². The Bertz CT molecular complexity index is 529. The second-order valence-corrected chi connectivity index (χ2v) is 4.61. The summed E-state index contributed by atoms with van der Waals surface area (Å²) in [6.45, 7) is -0.559. The molecular weight excluding hydrogens is 263 g/mol. The van der Waals surface area contributed by atoms with E-state index in [1.165, 1.54) is 4.90 Å². The number of nitrogens with zero attached hydrogens (tertiary/aromatic N) is 2. The molecular formula is C14H15FN2O3. The summed E-state index contributed by atoms with van der Waals surface area (Å²) in [6.07, 6.45) is -0.959. The van der Waals surface area contributed by atoms with Gasteiger partial charge in [-0.3, -0.25) is 4.79 Å². The first-order valence-corrected chi connectivity index (χ1v) is 6.32. The SMILES string of the molecule is N#Cc1ccccc1OCC(=O)N1C[C@@H](F)C[C@H]1CO. The van der Waals surface area contributed by atoms with Crippen LogP contribution >= 0.6 is 0 Å². The Kier molecular flexibility index (Phi) is 4.53. The van der Waals surface area contributed by atoms with E-state index in [1.54, 1.807) is 24.3 Å². The van der Waals surface area contributed by atoms with Gasteiger partial charge >= 0.3 is 0 Å². The molecule has 1 amide bonds. The third-order valence-corrected chi connectivity index (χ3v) is 3.25. The molecule has 5 nitrogen and oxygen atoms in total. The van der Waals surface area contributed by atoms with E-state index in [0.717, 1.165) is 0 Å². The molecule has 0 spiro atoms. The largest absolute Gasteiger partial charge is 0.482 e. The Morgan fingerprint density at radius 1 is 1.55 bits per heavy atom. The van der Waals surface area contributed by atoms with Gasteiger partial charge in [0.2, 0.25) is 0 Å². The van der Waals surface area contributed by atoms with E-state index >= 15 is 0 Å². The normalized spacial score (nSPS) is 21.6. The molecule has 1 heterocycles. The van der Waals surface area contributed by atoms with Crippen LogP contribution in [0, 0.1) is 11.3 Å². The predicted molar refractivity (Wildman–Crippen MR) is 68.8 cm³/mol. The Balaban J connectivity index is 1.97. The number of nitriles is 1. The number of halogens is 1. The first-order chi connectivity index (χ1) is 9.65. The van der Waals surface area contributed by atoms with E-state index < -0.39 is 18.1 Å². The standard InChI is InChI=1S/C14H15FN2O3/c15-11-5-12(8-18)17(7-11)14(19)9-20-13-4-2-1-3-10(13)6-16/h1-4,11-12,18H,5,7-9H2/t11-,12-/m0/s1. The highest BCUT2D eigenvalue weighted by Crippen LogP contribution is 2.21. The zero-order valence-corrected chi connectivity index (χ0v) is 10.8. The molecule has 1 fully saturated rings. The zero-order valence-electron chi connectivity index (χ0n) is 10.8. The number of ether oxygens (including phenoxy) is 1. The van der Waals surface area contributed by atoms with Crippen LogP contribution in [0.15, 0.2) is 24.3 Å². The fourth-order valence-corrected chi connectivity index (χ4v) is 2.25. The second-order valence-electron chi connectivity index (χ2n) is 4.61. The van der Waals surface area contributed by atoms with E-state index in [1.807, 2.05) is 6.07 Å². The van der Waals surface area contributed by atoms with Gasteiger partial charge in [0.1, 0.15) is 18.0 Å². The molecule has 20 heavy (non-hydrogen) atoms. The van der Waals surface area contributed by atoms with Crippen molar-refractivity contribution in [3.63, 3.8) is 0 Å². The summed E-state index contributed by atoms with van der Waals surface area (Å²) in [7, 11) is 0. The van der Waals surface area contributed by atoms with Gasteiger partial charge in [-0.2, -0.15) is 5.26 Å². The topological polar surface area (TPSA) is 73.6 Å². The average molecular weight is 278 g/mol. The van der Waals surface area contributed by atoms with Gasteiger partial charge < -0.3 is 14.7 Å². The van der Waals surface area contributed by atoms with Crippen molar-refractivity contribution < 1.29 is 19.0 Å². The Hall–Kier alpha value is -2.13. The van der Waals surface area contributed by atoms with Crippen LogP contribution in [0.25, 0.3) is 0 Å². The highest BCUT2D eigenvalue weighted by Gasteiger charge is 2.34. The lowest BCUT2D eigenvalue weighted by atomic mass is 10.2. The van der Waals surface area contributed by atoms with Crippen LogP contribution in [0.1, 0.15) is 12.0 Å². The first kappa shape index (κ1) is 14.3. The molecule has 0 radical (unpaired) electrons. The molecule has 1 aromatic rings. The molecule has 1 aliphatic heterocycles. The van der Waals surface area contributed by atoms with Crippen LogP contribution < -0.4 is 4.74 Å². The third kappa shape index (κ3) is 3.06. The van der Waals surface area contributed by atoms with Gasteiger partial charge in [-0.15, -0.1) is 0 Å². The summed E-state index contributed by atoms with van der Waals surface area (Å²) in [5.74, 6) is -0.0724. The molecule has 0 bridgehead atoms. The highest BCUT2D eigenvalue weighted by molar-refractivity contribution is 5.78. The Morgan fingerprint density at radius 3 is 3.00 bits per heavy atom. The van der Waals surface area contributed by atoms with Gasteiger partial charge in [0.25, 0.3) is 5.91 Å².